The molecular formula is C12H17N3O3. The van der Waals surface area contributed by atoms with Crippen LogP contribution in [0.25, 0.3) is 0 Å². The van der Waals surface area contributed by atoms with E-state index in [0.717, 1.165) is 6.42 Å². The predicted octanol–water partition coefficient (Wildman–Crippen LogP) is 0.857. The standard InChI is InChI=1S/C12H17N3O3/c1-4-8(2)15-11(16)7-18-12(17)10-6-13-9(3)5-14-10/h5-6,8H,4,7H2,1-3H3,(H,15,16)/t8-/m0/s1. The molecular weight excluding hydrogens is 234 g/mol. The maximum absolute atomic E-state index is 11.5. The van der Waals surface area contributed by atoms with Gasteiger partial charge in [0, 0.05) is 12.2 Å². The third kappa shape index (κ3) is 4.48. The quantitative estimate of drug-likeness (QED) is 0.785. The molecule has 0 unspecified atom stereocenters. The van der Waals surface area contributed by atoms with Crippen molar-refractivity contribution in [2.45, 2.75) is 33.2 Å². The number of ether oxygens (including phenoxy) is 1. The van der Waals surface area contributed by atoms with E-state index < -0.39 is 5.97 Å². The zero-order chi connectivity index (χ0) is 13.5. The Morgan fingerprint density at radius 2 is 2.11 bits per heavy atom. The van der Waals surface area contributed by atoms with Crippen LogP contribution in [-0.4, -0.2) is 34.5 Å². The van der Waals surface area contributed by atoms with Crippen LogP contribution >= 0.6 is 0 Å². The molecule has 1 amide bonds. The third-order valence-corrected chi connectivity index (χ3v) is 2.34. The third-order valence-electron chi connectivity index (χ3n) is 2.34. The number of carbonyl (C=O) groups is 2. The summed E-state index contributed by atoms with van der Waals surface area (Å²) < 4.78 is 4.82. The van der Waals surface area contributed by atoms with Crippen LogP contribution in [0.5, 0.6) is 0 Å². The number of nitrogens with one attached hydrogen (secondary N) is 1. The van der Waals surface area contributed by atoms with Crippen molar-refractivity contribution < 1.29 is 14.3 Å². The van der Waals surface area contributed by atoms with E-state index in [1.54, 1.807) is 6.92 Å². The van der Waals surface area contributed by atoms with Gasteiger partial charge >= 0.3 is 5.97 Å². The van der Waals surface area contributed by atoms with E-state index in [2.05, 4.69) is 15.3 Å². The van der Waals surface area contributed by atoms with Crippen molar-refractivity contribution in [3.8, 4) is 0 Å². The lowest BCUT2D eigenvalue weighted by Crippen LogP contribution is -2.35. The van der Waals surface area contributed by atoms with Crippen LogP contribution in [0.2, 0.25) is 0 Å². The van der Waals surface area contributed by atoms with Gasteiger partial charge in [-0.15, -0.1) is 0 Å². The second kappa shape index (κ2) is 6.68. The van der Waals surface area contributed by atoms with E-state index in [0.29, 0.717) is 5.69 Å². The van der Waals surface area contributed by atoms with Crippen LogP contribution in [0.3, 0.4) is 0 Å². The Morgan fingerprint density at radius 3 is 2.67 bits per heavy atom. The van der Waals surface area contributed by atoms with Crippen molar-refractivity contribution in [2.24, 2.45) is 0 Å². The number of hydrogen-bond acceptors (Lipinski definition) is 5. The van der Waals surface area contributed by atoms with Crippen molar-refractivity contribution in [3.05, 3.63) is 23.8 Å². The minimum Gasteiger partial charge on any atom is -0.451 e. The highest BCUT2D eigenvalue weighted by Gasteiger charge is 2.12. The molecule has 0 aliphatic rings. The summed E-state index contributed by atoms with van der Waals surface area (Å²) >= 11 is 0. The Morgan fingerprint density at radius 1 is 1.39 bits per heavy atom. The molecule has 0 saturated heterocycles. The molecule has 0 saturated carbocycles. The summed E-state index contributed by atoms with van der Waals surface area (Å²) in [5.41, 5.74) is 0.804. The van der Waals surface area contributed by atoms with E-state index in [4.69, 9.17) is 4.74 Å². The van der Waals surface area contributed by atoms with Gasteiger partial charge in [-0.25, -0.2) is 9.78 Å². The van der Waals surface area contributed by atoms with E-state index in [-0.39, 0.29) is 24.2 Å². The maximum atomic E-state index is 11.5. The number of aryl methyl sites for hydroxylation is 1. The molecule has 1 aromatic rings. The molecule has 0 bridgehead atoms. The second-order valence-corrected chi connectivity index (χ2v) is 4.00. The molecule has 1 aromatic heterocycles. The lowest BCUT2D eigenvalue weighted by atomic mass is 10.2. The first-order valence-corrected chi connectivity index (χ1v) is 5.78. The molecule has 1 atom stereocenters. The van der Waals surface area contributed by atoms with Gasteiger partial charge in [0.05, 0.1) is 11.9 Å². The average Bonchev–Trinajstić information content (AvgIpc) is 2.36. The lowest BCUT2D eigenvalue weighted by Gasteiger charge is -2.11. The summed E-state index contributed by atoms with van der Waals surface area (Å²) in [5.74, 6) is -0.973. The predicted molar refractivity (Wildman–Crippen MR) is 64.9 cm³/mol. The molecule has 1 heterocycles. The summed E-state index contributed by atoms with van der Waals surface area (Å²) in [6.45, 7) is 5.30. The number of hydrogen-bond donors (Lipinski definition) is 1. The van der Waals surface area contributed by atoms with Crippen molar-refractivity contribution in [1.82, 2.24) is 15.3 Å². The van der Waals surface area contributed by atoms with Crippen LogP contribution < -0.4 is 5.32 Å². The number of carbonyl (C=O) groups excluding carboxylic acids is 2. The average molecular weight is 251 g/mol. The molecule has 1 N–H and O–H groups in total. The van der Waals surface area contributed by atoms with Crippen LogP contribution in [-0.2, 0) is 9.53 Å². The molecule has 0 fully saturated rings. The highest BCUT2D eigenvalue weighted by Crippen LogP contribution is 1.97. The summed E-state index contributed by atoms with van der Waals surface area (Å²) in [5, 5.41) is 2.69. The molecule has 0 aliphatic carbocycles. The van der Waals surface area contributed by atoms with Gasteiger partial charge in [-0.3, -0.25) is 9.78 Å². The summed E-state index contributed by atoms with van der Waals surface area (Å²) in [4.78, 5) is 30.7. The molecule has 0 spiro atoms. The Balaban J connectivity index is 2.41. The SMILES string of the molecule is CC[C@H](C)NC(=O)COC(=O)c1cnc(C)cn1. The zero-order valence-corrected chi connectivity index (χ0v) is 10.8. The minimum absolute atomic E-state index is 0.0652. The van der Waals surface area contributed by atoms with Gasteiger partial charge in [-0.2, -0.15) is 0 Å². The monoisotopic (exact) mass is 251 g/mol. The molecule has 1 rings (SSSR count). The summed E-state index contributed by atoms with van der Waals surface area (Å²) in [6.07, 6.45) is 3.61. The lowest BCUT2D eigenvalue weighted by molar-refractivity contribution is -0.124. The fourth-order valence-electron chi connectivity index (χ4n) is 1.12. The fraction of sp³-hybridized carbons (Fsp3) is 0.500. The fourth-order valence-corrected chi connectivity index (χ4v) is 1.12. The van der Waals surface area contributed by atoms with Crippen molar-refractivity contribution >= 4 is 11.9 Å². The number of amides is 1. The Hall–Kier alpha value is -1.98. The zero-order valence-electron chi connectivity index (χ0n) is 10.8. The Bertz CT molecular complexity index is 417. The molecule has 0 radical (unpaired) electrons. The van der Waals surface area contributed by atoms with Crippen LogP contribution in [0, 0.1) is 6.92 Å². The Kier molecular flexibility index (Phi) is 5.23. The van der Waals surface area contributed by atoms with Gasteiger partial charge in [0.1, 0.15) is 0 Å². The summed E-state index contributed by atoms with van der Waals surface area (Å²) in [7, 11) is 0. The smallest absolute Gasteiger partial charge is 0.359 e. The van der Waals surface area contributed by atoms with Crippen molar-refractivity contribution in [3.63, 3.8) is 0 Å². The molecule has 0 aliphatic heterocycles. The van der Waals surface area contributed by atoms with Gasteiger partial charge in [0.2, 0.25) is 0 Å². The van der Waals surface area contributed by atoms with Crippen LogP contribution in [0.1, 0.15) is 36.5 Å². The second-order valence-electron chi connectivity index (χ2n) is 4.00. The molecule has 6 nitrogen and oxygen atoms in total. The number of rotatable bonds is 5. The van der Waals surface area contributed by atoms with Crippen molar-refractivity contribution in [1.29, 1.82) is 0 Å². The van der Waals surface area contributed by atoms with Crippen molar-refractivity contribution in [2.75, 3.05) is 6.61 Å². The van der Waals surface area contributed by atoms with Crippen LogP contribution in [0.4, 0.5) is 0 Å². The minimum atomic E-state index is -0.651. The van der Waals surface area contributed by atoms with E-state index in [1.807, 2.05) is 13.8 Å². The van der Waals surface area contributed by atoms with E-state index in [9.17, 15) is 9.59 Å². The Labute approximate surface area is 106 Å². The number of nitrogens with zero attached hydrogens (tertiary/aromatic N) is 2. The largest absolute Gasteiger partial charge is 0.451 e. The number of aromatic nitrogens is 2. The van der Waals surface area contributed by atoms with Gasteiger partial charge in [0.15, 0.2) is 12.3 Å². The first-order chi connectivity index (χ1) is 8.52. The van der Waals surface area contributed by atoms with Gasteiger partial charge in [-0.05, 0) is 20.3 Å². The van der Waals surface area contributed by atoms with E-state index >= 15 is 0 Å². The van der Waals surface area contributed by atoms with E-state index in [1.165, 1.54) is 12.4 Å². The number of esters is 1. The van der Waals surface area contributed by atoms with Gasteiger partial charge in [-0.1, -0.05) is 6.92 Å². The van der Waals surface area contributed by atoms with Crippen LogP contribution in [0.15, 0.2) is 12.4 Å². The maximum Gasteiger partial charge on any atom is 0.359 e. The molecule has 18 heavy (non-hydrogen) atoms. The first-order valence-electron chi connectivity index (χ1n) is 5.78. The molecule has 6 heteroatoms. The highest BCUT2D eigenvalue weighted by molar-refractivity contribution is 5.89. The molecule has 98 valence electrons. The molecule has 0 aromatic carbocycles. The normalized spacial score (nSPS) is 11.7. The summed E-state index contributed by atoms with van der Waals surface area (Å²) in [6, 6.07) is 0.0652. The first kappa shape index (κ1) is 14.1. The highest BCUT2D eigenvalue weighted by atomic mass is 16.5. The van der Waals surface area contributed by atoms with Gasteiger partial charge < -0.3 is 10.1 Å². The topological polar surface area (TPSA) is 81.2 Å². The van der Waals surface area contributed by atoms with Gasteiger partial charge in [0.25, 0.3) is 5.91 Å².